The Kier molecular flexibility index (Phi) is 11.9. The lowest BCUT2D eigenvalue weighted by molar-refractivity contribution is -0.148. The maximum Gasteiger partial charge on any atom is 0.306 e. The van der Waals surface area contributed by atoms with E-state index in [2.05, 4.69) is 32.9 Å². The Morgan fingerprint density at radius 3 is 2.67 bits per heavy atom. The monoisotopic (exact) mass is 462 g/mol. The van der Waals surface area contributed by atoms with E-state index in [0.717, 1.165) is 31.3 Å². The van der Waals surface area contributed by atoms with E-state index >= 15 is 0 Å². The average molecular weight is 463 g/mol. The van der Waals surface area contributed by atoms with Crippen LogP contribution in [0, 0.1) is 17.8 Å². The second-order valence-electron chi connectivity index (χ2n) is 9.90. The van der Waals surface area contributed by atoms with Gasteiger partial charge in [-0.15, -0.1) is 0 Å². The number of aliphatic hydroxyl groups is 1. The van der Waals surface area contributed by atoms with Crippen LogP contribution in [0.15, 0.2) is 36.0 Å². The summed E-state index contributed by atoms with van der Waals surface area (Å²) >= 11 is 0. The van der Waals surface area contributed by atoms with Crippen LogP contribution >= 0.6 is 0 Å². The minimum Gasteiger partial charge on any atom is -0.457 e. The fourth-order valence-electron chi connectivity index (χ4n) is 4.80. The summed E-state index contributed by atoms with van der Waals surface area (Å²) in [5.74, 6) is 0.211. The zero-order valence-corrected chi connectivity index (χ0v) is 21.5. The van der Waals surface area contributed by atoms with Crippen molar-refractivity contribution in [2.24, 2.45) is 17.8 Å². The molecule has 0 unspecified atom stereocenters. The van der Waals surface area contributed by atoms with E-state index in [1.807, 2.05) is 32.1 Å². The third-order valence-electron chi connectivity index (χ3n) is 7.15. The highest BCUT2D eigenvalue weighted by molar-refractivity contribution is 5.69. The molecule has 2 aliphatic heterocycles. The van der Waals surface area contributed by atoms with Crippen LogP contribution in [0.3, 0.4) is 0 Å². The summed E-state index contributed by atoms with van der Waals surface area (Å²) in [6.07, 6.45) is 16.4. The number of ether oxygens (including phenoxy) is 3. The highest BCUT2D eigenvalue weighted by Gasteiger charge is 2.50. The van der Waals surface area contributed by atoms with Crippen molar-refractivity contribution in [2.45, 2.75) is 110 Å². The molecule has 5 heteroatoms. The molecule has 5 nitrogen and oxygen atoms in total. The highest BCUT2D eigenvalue weighted by atomic mass is 16.6. The van der Waals surface area contributed by atoms with Crippen LogP contribution in [0.25, 0.3) is 0 Å². The van der Waals surface area contributed by atoms with Gasteiger partial charge in [0.25, 0.3) is 0 Å². The number of epoxide rings is 1. The predicted octanol–water partition coefficient (Wildman–Crippen LogP) is 5.77. The molecule has 0 bridgehead atoms. The summed E-state index contributed by atoms with van der Waals surface area (Å²) in [7, 11) is 1.73. The smallest absolute Gasteiger partial charge is 0.306 e. The van der Waals surface area contributed by atoms with Gasteiger partial charge in [-0.25, -0.2) is 0 Å². The molecule has 0 aliphatic carbocycles. The zero-order valence-electron chi connectivity index (χ0n) is 21.5. The van der Waals surface area contributed by atoms with Crippen LogP contribution in [-0.2, 0) is 19.0 Å². The Morgan fingerprint density at radius 2 is 1.97 bits per heavy atom. The Hall–Kier alpha value is -1.43. The predicted molar refractivity (Wildman–Crippen MR) is 133 cm³/mol. The van der Waals surface area contributed by atoms with Crippen molar-refractivity contribution in [3.05, 3.63) is 36.0 Å². The first-order valence-corrected chi connectivity index (χ1v) is 12.9. The molecular formula is C28H46O5. The van der Waals surface area contributed by atoms with Crippen LogP contribution in [0.4, 0.5) is 0 Å². The number of aliphatic hydroxyl groups excluding tert-OH is 1. The van der Waals surface area contributed by atoms with Gasteiger partial charge in [-0.2, -0.15) is 0 Å². The quantitative estimate of drug-likeness (QED) is 0.204. The van der Waals surface area contributed by atoms with E-state index in [9.17, 15) is 9.90 Å². The minimum atomic E-state index is -0.558. The topological polar surface area (TPSA) is 68.3 Å². The molecule has 1 N–H and O–H groups in total. The first-order valence-electron chi connectivity index (χ1n) is 12.9. The van der Waals surface area contributed by atoms with Gasteiger partial charge in [0.05, 0.1) is 18.3 Å². The number of rotatable bonds is 9. The number of allylic oxidation sites excluding steroid dienone is 3. The Morgan fingerprint density at radius 1 is 1.24 bits per heavy atom. The molecule has 0 saturated carbocycles. The largest absolute Gasteiger partial charge is 0.457 e. The molecule has 2 rings (SSSR count). The van der Waals surface area contributed by atoms with Gasteiger partial charge in [0.15, 0.2) is 0 Å². The van der Waals surface area contributed by atoms with Crippen molar-refractivity contribution in [1.29, 1.82) is 0 Å². The van der Waals surface area contributed by atoms with Gasteiger partial charge in [-0.1, -0.05) is 70.9 Å². The molecule has 0 aromatic heterocycles. The van der Waals surface area contributed by atoms with Crippen molar-refractivity contribution >= 4 is 5.97 Å². The molecular weight excluding hydrogens is 416 g/mol. The fourth-order valence-corrected chi connectivity index (χ4v) is 4.80. The molecule has 0 aromatic carbocycles. The third kappa shape index (κ3) is 8.70. The lowest BCUT2D eigenvalue weighted by atomic mass is 9.91. The summed E-state index contributed by atoms with van der Waals surface area (Å²) in [4.78, 5) is 12.3. The summed E-state index contributed by atoms with van der Waals surface area (Å²) in [5, 5.41) is 10.8. The van der Waals surface area contributed by atoms with E-state index in [1.54, 1.807) is 7.11 Å². The van der Waals surface area contributed by atoms with Crippen molar-refractivity contribution in [3.8, 4) is 0 Å². The summed E-state index contributed by atoms with van der Waals surface area (Å²) in [6, 6.07) is 0. The van der Waals surface area contributed by atoms with Crippen LogP contribution in [-0.4, -0.2) is 48.7 Å². The van der Waals surface area contributed by atoms with Gasteiger partial charge in [0.1, 0.15) is 12.2 Å². The Balaban J connectivity index is 1.97. The second-order valence-corrected chi connectivity index (χ2v) is 9.90. The number of carbonyl (C=O) groups excluding carboxylic acids is 1. The molecule has 1 saturated heterocycles. The van der Waals surface area contributed by atoms with Crippen molar-refractivity contribution in [2.75, 3.05) is 7.11 Å². The Labute approximate surface area is 201 Å². The normalized spacial score (nSPS) is 32.2. The highest BCUT2D eigenvalue weighted by Crippen LogP contribution is 2.37. The molecule has 0 spiro atoms. The van der Waals surface area contributed by atoms with Crippen LogP contribution < -0.4 is 0 Å². The van der Waals surface area contributed by atoms with Crippen LogP contribution in [0.1, 0.15) is 79.6 Å². The molecule has 1 fully saturated rings. The Bertz CT molecular complexity index is 678. The summed E-state index contributed by atoms with van der Waals surface area (Å²) in [5.41, 5.74) is 1.01. The third-order valence-corrected chi connectivity index (χ3v) is 7.15. The van der Waals surface area contributed by atoms with Crippen LogP contribution in [0.2, 0.25) is 0 Å². The maximum atomic E-state index is 12.3. The molecule has 33 heavy (non-hydrogen) atoms. The lowest BCUT2D eigenvalue weighted by Crippen LogP contribution is -2.30. The number of carbonyl (C=O) groups is 1. The lowest BCUT2D eigenvalue weighted by Gasteiger charge is -2.23. The van der Waals surface area contributed by atoms with Crippen LogP contribution in [0.5, 0.6) is 0 Å². The first-order chi connectivity index (χ1) is 15.8. The molecule has 188 valence electrons. The van der Waals surface area contributed by atoms with Gasteiger partial charge < -0.3 is 19.3 Å². The number of cyclic esters (lactones) is 1. The van der Waals surface area contributed by atoms with Crippen molar-refractivity contribution in [1.82, 2.24) is 0 Å². The van der Waals surface area contributed by atoms with E-state index in [4.69, 9.17) is 14.2 Å². The van der Waals surface area contributed by atoms with Gasteiger partial charge in [0, 0.05) is 31.3 Å². The standard InChI is InChI=1S/C28H46O5/c1-7-23(31-6)22(5)27-28(33-27)25(30)19(2)16-14-17-21(4)26-20(3)15-12-10-8-9-11-13-18-24(29)32-26/h12,14-17,19-20,22-23,25-28,30H,7-11,13,18H2,1-6H3/b15-12+,16-14+,21-17+/t19-,20+,22-,23+,25+,26+,27-,28-/m1/s1. The number of hydrogen-bond acceptors (Lipinski definition) is 5. The van der Waals surface area contributed by atoms with E-state index in [-0.39, 0.29) is 48.1 Å². The maximum absolute atomic E-state index is 12.3. The van der Waals surface area contributed by atoms with Gasteiger partial charge in [-0.05, 0) is 38.2 Å². The zero-order chi connectivity index (χ0) is 24.4. The molecule has 2 heterocycles. The van der Waals surface area contributed by atoms with Crippen molar-refractivity contribution < 1.29 is 24.1 Å². The SMILES string of the molecule is CC[C@H](OC)[C@@H](C)[C@H]1O[C@@H]1[C@@H](O)[C@H](C)/C=C/C=C(\C)[C@H]1OC(=O)CCCCCC/C=C/[C@@H]1C. The van der Waals surface area contributed by atoms with Gasteiger partial charge >= 0.3 is 5.97 Å². The average Bonchev–Trinajstić information content (AvgIpc) is 3.59. The molecule has 0 aromatic rings. The van der Waals surface area contributed by atoms with Crippen molar-refractivity contribution in [3.63, 3.8) is 0 Å². The van der Waals surface area contributed by atoms with E-state index < -0.39 is 6.10 Å². The number of esters is 1. The number of methoxy groups -OCH3 is 1. The number of hydrogen-bond donors (Lipinski definition) is 1. The summed E-state index contributed by atoms with van der Waals surface area (Å²) in [6.45, 7) is 10.3. The van der Waals surface area contributed by atoms with E-state index in [0.29, 0.717) is 6.42 Å². The molecule has 8 atom stereocenters. The van der Waals surface area contributed by atoms with E-state index in [1.165, 1.54) is 12.8 Å². The second kappa shape index (κ2) is 14.1. The summed E-state index contributed by atoms with van der Waals surface area (Å²) < 4.78 is 17.2. The fraction of sp³-hybridized carbons (Fsp3) is 0.750. The molecule has 2 aliphatic rings. The molecule has 0 radical (unpaired) electrons. The molecule has 0 amide bonds. The van der Waals surface area contributed by atoms with Gasteiger partial charge in [-0.3, -0.25) is 4.79 Å². The van der Waals surface area contributed by atoms with Gasteiger partial charge in [0.2, 0.25) is 0 Å². The minimum absolute atomic E-state index is 0.0429. The first kappa shape index (κ1) is 27.8.